The third-order valence-electron chi connectivity index (χ3n) is 3.27. The van der Waals surface area contributed by atoms with Gasteiger partial charge in [-0.1, -0.05) is 6.92 Å². The van der Waals surface area contributed by atoms with Crippen molar-refractivity contribution in [3.8, 4) is 5.88 Å². The fraction of sp³-hybridized carbons (Fsp3) is 0.667. The molecule has 1 saturated heterocycles. The number of aromatic nitrogens is 2. The fourth-order valence-corrected chi connectivity index (χ4v) is 2.18. The van der Waals surface area contributed by atoms with E-state index >= 15 is 0 Å². The summed E-state index contributed by atoms with van der Waals surface area (Å²) in [6, 6.07) is 0. The Morgan fingerprint density at radius 1 is 1.61 bits per heavy atom. The van der Waals surface area contributed by atoms with Crippen LogP contribution in [0.3, 0.4) is 0 Å². The minimum Gasteiger partial charge on any atom is -0.479 e. The Labute approximate surface area is 106 Å². The van der Waals surface area contributed by atoms with E-state index in [2.05, 4.69) is 27.1 Å². The number of likely N-dealkylation sites (tertiary alicyclic amines) is 1. The van der Waals surface area contributed by atoms with Crippen molar-refractivity contribution < 1.29 is 9.13 Å². The van der Waals surface area contributed by atoms with E-state index in [4.69, 9.17) is 4.74 Å². The molecule has 1 atom stereocenters. The van der Waals surface area contributed by atoms with E-state index < -0.39 is 5.82 Å². The van der Waals surface area contributed by atoms with Crippen molar-refractivity contribution in [1.82, 2.24) is 14.9 Å². The van der Waals surface area contributed by atoms with E-state index in [1.807, 2.05) is 0 Å². The topological polar surface area (TPSA) is 50.3 Å². The number of methoxy groups -OCH3 is 1. The molecule has 0 aromatic carbocycles. The van der Waals surface area contributed by atoms with Gasteiger partial charge in [0.15, 0.2) is 0 Å². The average Bonchev–Trinajstić information content (AvgIpc) is 2.86. The Bertz CT molecular complexity index is 402. The highest BCUT2D eigenvalue weighted by atomic mass is 19.1. The third-order valence-corrected chi connectivity index (χ3v) is 3.27. The number of halogens is 1. The highest BCUT2D eigenvalue weighted by molar-refractivity contribution is 5.28. The summed E-state index contributed by atoms with van der Waals surface area (Å²) in [5.74, 6) is 0.461. The number of anilines is 1. The monoisotopic (exact) mass is 254 g/mol. The summed E-state index contributed by atoms with van der Waals surface area (Å²) < 4.78 is 17.9. The van der Waals surface area contributed by atoms with E-state index in [9.17, 15) is 4.39 Å². The van der Waals surface area contributed by atoms with Crippen LogP contribution in [0.4, 0.5) is 10.3 Å². The van der Waals surface area contributed by atoms with Crippen LogP contribution in [0.25, 0.3) is 0 Å². The highest BCUT2D eigenvalue weighted by Crippen LogP contribution is 2.17. The fourth-order valence-electron chi connectivity index (χ4n) is 2.18. The number of hydrogen-bond acceptors (Lipinski definition) is 5. The lowest BCUT2D eigenvalue weighted by atomic mass is 10.1. The molecule has 0 bridgehead atoms. The van der Waals surface area contributed by atoms with Crippen LogP contribution in [0.2, 0.25) is 0 Å². The third kappa shape index (κ3) is 3.07. The molecule has 6 heteroatoms. The molecule has 5 nitrogen and oxygen atoms in total. The zero-order valence-corrected chi connectivity index (χ0v) is 10.8. The predicted molar refractivity (Wildman–Crippen MR) is 67.3 cm³/mol. The lowest BCUT2D eigenvalue weighted by Gasteiger charge is -2.13. The van der Waals surface area contributed by atoms with Crippen LogP contribution in [-0.2, 0) is 0 Å². The second kappa shape index (κ2) is 5.95. The zero-order valence-electron chi connectivity index (χ0n) is 10.8. The summed E-state index contributed by atoms with van der Waals surface area (Å²) >= 11 is 0. The molecule has 1 aliphatic heterocycles. The Morgan fingerprint density at radius 3 is 3.11 bits per heavy atom. The van der Waals surface area contributed by atoms with Crippen LogP contribution in [0.5, 0.6) is 5.88 Å². The van der Waals surface area contributed by atoms with Crippen molar-refractivity contribution in [2.45, 2.75) is 13.3 Å². The van der Waals surface area contributed by atoms with Gasteiger partial charge >= 0.3 is 0 Å². The van der Waals surface area contributed by atoms with Crippen LogP contribution in [0, 0.1) is 11.7 Å². The number of rotatable bonds is 5. The van der Waals surface area contributed by atoms with E-state index in [0.717, 1.165) is 32.4 Å². The van der Waals surface area contributed by atoms with E-state index in [1.165, 1.54) is 13.5 Å². The van der Waals surface area contributed by atoms with Gasteiger partial charge in [-0.3, -0.25) is 0 Å². The summed E-state index contributed by atoms with van der Waals surface area (Å²) in [6.45, 7) is 6.32. The van der Waals surface area contributed by atoms with Crippen molar-refractivity contribution in [2.75, 3.05) is 38.6 Å². The summed E-state index contributed by atoms with van der Waals surface area (Å²) in [4.78, 5) is 10.3. The Morgan fingerprint density at radius 2 is 2.44 bits per heavy atom. The standard InChI is InChI=1S/C12H19FN4O/c1-3-17-5-4-9(8-17)6-14-12-15-7-10(13)11(16-12)18-2/h7,9H,3-6,8H2,1-2H3,(H,14,15,16)/t9-/m1/s1. The minimum absolute atomic E-state index is 0.0193. The smallest absolute Gasteiger partial charge is 0.255 e. The molecule has 1 aromatic heterocycles. The van der Waals surface area contributed by atoms with Gasteiger partial charge in [0.2, 0.25) is 11.8 Å². The molecular formula is C12H19FN4O. The summed E-state index contributed by atoms with van der Waals surface area (Å²) in [5.41, 5.74) is 0. The molecule has 2 heterocycles. The SMILES string of the molecule is CCN1CC[C@H](CNc2ncc(F)c(OC)n2)C1. The maximum Gasteiger partial charge on any atom is 0.255 e. The lowest BCUT2D eigenvalue weighted by molar-refractivity contribution is 0.344. The van der Waals surface area contributed by atoms with Gasteiger partial charge in [-0.15, -0.1) is 0 Å². The molecule has 0 spiro atoms. The molecular weight excluding hydrogens is 235 g/mol. The first-order valence-corrected chi connectivity index (χ1v) is 6.25. The van der Waals surface area contributed by atoms with E-state index in [1.54, 1.807) is 0 Å². The molecule has 0 unspecified atom stereocenters. The number of ether oxygens (including phenoxy) is 1. The second-order valence-electron chi connectivity index (χ2n) is 4.48. The Kier molecular flexibility index (Phi) is 4.30. The molecule has 0 radical (unpaired) electrons. The summed E-state index contributed by atoms with van der Waals surface area (Å²) in [7, 11) is 1.39. The number of hydrogen-bond donors (Lipinski definition) is 1. The largest absolute Gasteiger partial charge is 0.479 e. The molecule has 0 saturated carbocycles. The maximum atomic E-state index is 13.1. The highest BCUT2D eigenvalue weighted by Gasteiger charge is 2.21. The van der Waals surface area contributed by atoms with Crippen LogP contribution >= 0.6 is 0 Å². The lowest BCUT2D eigenvalue weighted by Crippen LogP contribution is -2.23. The minimum atomic E-state index is -0.541. The Balaban J connectivity index is 1.87. The predicted octanol–water partition coefficient (Wildman–Crippen LogP) is 1.38. The first-order valence-electron chi connectivity index (χ1n) is 6.25. The van der Waals surface area contributed by atoms with Crippen LogP contribution in [0.1, 0.15) is 13.3 Å². The molecule has 18 heavy (non-hydrogen) atoms. The first kappa shape index (κ1) is 13.0. The second-order valence-corrected chi connectivity index (χ2v) is 4.48. The van der Waals surface area contributed by atoms with E-state index in [0.29, 0.717) is 11.9 Å². The van der Waals surface area contributed by atoms with Crippen molar-refractivity contribution in [3.63, 3.8) is 0 Å². The maximum absolute atomic E-state index is 13.1. The van der Waals surface area contributed by atoms with Gasteiger partial charge in [-0.05, 0) is 25.4 Å². The van der Waals surface area contributed by atoms with Crippen molar-refractivity contribution >= 4 is 5.95 Å². The van der Waals surface area contributed by atoms with Gasteiger partial charge in [0, 0.05) is 13.1 Å². The zero-order chi connectivity index (χ0) is 13.0. The molecule has 2 rings (SSSR count). The van der Waals surface area contributed by atoms with Crippen molar-refractivity contribution in [2.24, 2.45) is 5.92 Å². The van der Waals surface area contributed by atoms with Crippen molar-refractivity contribution in [3.05, 3.63) is 12.0 Å². The van der Waals surface area contributed by atoms with E-state index in [-0.39, 0.29) is 5.88 Å². The van der Waals surface area contributed by atoms with Crippen LogP contribution < -0.4 is 10.1 Å². The molecule has 100 valence electrons. The van der Waals surface area contributed by atoms with Gasteiger partial charge in [0.1, 0.15) is 0 Å². The average molecular weight is 254 g/mol. The molecule has 0 aliphatic carbocycles. The van der Waals surface area contributed by atoms with Gasteiger partial charge in [0.25, 0.3) is 5.88 Å². The summed E-state index contributed by atoms with van der Waals surface area (Å²) in [6.07, 6.45) is 2.31. The molecule has 0 amide bonds. The normalized spacial score (nSPS) is 20.1. The van der Waals surface area contributed by atoms with Crippen molar-refractivity contribution in [1.29, 1.82) is 0 Å². The van der Waals surface area contributed by atoms with Crippen LogP contribution in [-0.4, -0.2) is 48.2 Å². The number of nitrogens with one attached hydrogen (secondary N) is 1. The first-order chi connectivity index (χ1) is 8.72. The number of nitrogens with zero attached hydrogens (tertiary/aromatic N) is 3. The van der Waals surface area contributed by atoms with Gasteiger partial charge in [0.05, 0.1) is 13.3 Å². The molecule has 1 aromatic rings. The van der Waals surface area contributed by atoms with Crippen LogP contribution in [0.15, 0.2) is 6.20 Å². The summed E-state index contributed by atoms with van der Waals surface area (Å²) in [5, 5.41) is 3.14. The molecule has 1 fully saturated rings. The molecule has 1 aliphatic rings. The molecule has 1 N–H and O–H groups in total. The van der Waals surface area contributed by atoms with Gasteiger partial charge in [-0.2, -0.15) is 9.37 Å². The Hall–Kier alpha value is -1.43. The van der Waals surface area contributed by atoms with Gasteiger partial charge < -0.3 is 15.0 Å². The quantitative estimate of drug-likeness (QED) is 0.860. The van der Waals surface area contributed by atoms with Gasteiger partial charge in [-0.25, -0.2) is 4.98 Å².